The molecular weight excluding hydrogens is 358 g/mol. The maximum Gasteiger partial charge on any atom is 0.263 e. The van der Waals surface area contributed by atoms with Crippen molar-refractivity contribution < 1.29 is 9.53 Å². The lowest BCUT2D eigenvalue weighted by molar-refractivity contribution is -0.140. The van der Waals surface area contributed by atoms with Gasteiger partial charge in [-0.15, -0.1) is 0 Å². The van der Waals surface area contributed by atoms with Crippen molar-refractivity contribution in [3.8, 4) is 5.75 Å². The molecule has 0 saturated carbocycles. The molecule has 1 heterocycles. The van der Waals surface area contributed by atoms with Crippen LogP contribution < -0.4 is 4.74 Å². The van der Waals surface area contributed by atoms with Crippen LogP contribution in [0.5, 0.6) is 5.75 Å². The molecule has 3 rings (SSSR count). The van der Waals surface area contributed by atoms with E-state index in [-0.39, 0.29) is 11.3 Å². The van der Waals surface area contributed by atoms with Gasteiger partial charge in [-0.2, -0.15) is 0 Å². The van der Waals surface area contributed by atoms with Gasteiger partial charge in [0.1, 0.15) is 5.75 Å². The first-order valence-corrected chi connectivity index (χ1v) is 11.0. The highest BCUT2D eigenvalue weighted by Gasteiger charge is 2.28. The van der Waals surface area contributed by atoms with Gasteiger partial charge in [0.2, 0.25) is 0 Å². The standard InChI is InChI=1S/C26H35NO2/c1-5-24(29-23-13-11-22(12-14-23)26(2,3)4)25(28)27-17-15-21(16-18-27)19-20-9-7-6-8-10-20/h6-14,21,24H,5,15-19H2,1-4H3/t24-/m1/s1. The first-order valence-electron chi connectivity index (χ1n) is 11.0. The van der Waals surface area contributed by atoms with Crippen LogP contribution in [0.15, 0.2) is 54.6 Å². The van der Waals surface area contributed by atoms with Gasteiger partial charge < -0.3 is 9.64 Å². The Hall–Kier alpha value is -2.29. The molecular formula is C26H35NO2. The molecule has 0 aliphatic carbocycles. The average molecular weight is 394 g/mol. The van der Waals surface area contributed by atoms with Crippen LogP contribution in [-0.4, -0.2) is 30.0 Å². The quantitative estimate of drug-likeness (QED) is 0.637. The molecule has 1 saturated heterocycles. The van der Waals surface area contributed by atoms with E-state index in [9.17, 15) is 4.79 Å². The third-order valence-electron chi connectivity index (χ3n) is 5.94. The van der Waals surface area contributed by atoms with Crippen molar-refractivity contribution >= 4 is 5.91 Å². The maximum atomic E-state index is 13.0. The second-order valence-electron chi connectivity index (χ2n) is 9.25. The number of likely N-dealkylation sites (tertiary alicyclic amines) is 1. The van der Waals surface area contributed by atoms with Gasteiger partial charge >= 0.3 is 0 Å². The minimum atomic E-state index is -0.402. The molecule has 0 aromatic heterocycles. The zero-order valence-electron chi connectivity index (χ0n) is 18.4. The van der Waals surface area contributed by atoms with Crippen LogP contribution in [0.25, 0.3) is 0 Å². The van der Waals surface area contributed by atoms with Crippen LogP contribution >= 0.6 is 0 Å². The number of carbonyl (C=O) groups is 1. The molecule has 3 heteroatoms. The van der Waals surface area contributed by atoms with E-state index in [0.29, 0.717) is 12.3 Å². The minimum Gasteiger partial charge on any atom is -0.481 e. The Kier molecular flexibility index (Phi) is 7.00. The number of nitrogens with zero attached hydrogens (tertiary/aromatic N) is 1. The molecule has 0 unspecified atom stereocenters. The summed E-state index contributed by atoms with van der Waals surface area (Å²) in [5, 5.41) is 0. The number of rotatable bonds is 6. The lowest BCUT2D eigenvalue weighted by Gasteiger charge is -2.34. The third-order valence-corrected chi connectivity index (χ3v) is 5.94. The molecule has 156 valence electrons. The van der Waals surface area contributed by atoms with E-state index >= 15 is 0 Å². The molecule has 1 amide bonds. The second-order valence-corrected chi connectivity index (χ2v) is 9.25. The molecule has 0 bridgehead atoms. The summed E-state index contributed by atoms with van der Waals surface area (Å²) in [6, 6.07) is 18.8. The lowest BCUT2D eigenvalue weighted by atomic mass is 9.87. The topological polar surface area (TPSA) is 29.5 Å². The fraction of sp³-hybridized carbons (Fsp3) is 0.500. The van der Waals surface area contributed by atoms with Gasteiger partial charge in [0, 0.05) is 13.1 Å². The molecule has 1 fully saturated rings. The van der Waals surface area contributed by atoms with Crippen molar-refractivity contribution in [1.82, 2.24) is 4.90 Å². The maximum absolute atomic E-state index is 13.0. The SMILES string of the molecule is CC[C@@H](Oc1ccc(C(C)(C)C)cc1)C(=O)N1CCC(Cc2ccccc2)CC1. The Morgan fingerprint density at radius 2 is 1.66 bits per heavy atom. The number of carbonyl (C=O) groups excluding carboxylic acids is 1. The molecule has 0 spiro atoms. The molecule has 0 N–H and O–H groups in total. The first-order chi connectivity index (χ1) is 13.9. The van der Waals surface area contributed by atoms with Gasteiger partial charge in [-0.1, -0.05) is 70.2 Å². The Morgan fingerprint density at radius 1 is 1.03 bits per heavy atom. The summed E-state index contributed by atoms with van der Waals surface area (Å²) in [6.45, 7) is 10.3. The summed E-state index contributed by atoms with van der Waals surface area (Å²) in [5.74, 6) is 1.56. The Labute approximate surface area is 176 Å². The van der Waals surface area contributed by atoms with Gasteiger partial charge in [-0.3, -0.25) is 4.79 Å². The molecule has 2 aromatic carbocycles. The zero-order valence-corrected chi connectivity index (χ0v) is 18.4. The van der Waals surface area contributed by atoms with Crippen molar-refractivity contribution in [2.75, 3.05) is 13.1 Å². The Morgan fingerprint density at radius 3 is 2.21 bits per heavy atom. The van der Waals surface area contributed by atoms with E-state index < -0.39 is 6.10 Å². The Bertz CT molecular complexity index is 769. The van der Waals surface area contributed by atoms with Crippen molar-refractivity contribution in [3.05, 3.63) is 65.7 Å². The van der Waals surface area contributed by atoms with Gasteiger partial charge in [0.15, 0.2) is 6.10 Å². The van der Waals surface area contributed by atoms with Crippen molar-refractivity contribution in [3.63, 3.8) is 0 Å². The predicted octanol–water partition coefficient (Wildman–Crippen LogP) is 5.62. The smallest absolute Gasteiger partial charge is 0.263 e. The van der Waals surface area contributed by atoms with Crippen LogP contribution in [-0.2, 0) is 16.6 Å². The molecule has 1 aliphatic heterocycles. The van der Waals surface area contributed by atoms with E-state index in [1.165, 1.54) is 11.1 Å². The number of piperidine rings is 1. The fourth-order valence-corrected chi connectivity index (χ4v) is 4.01. The molecule has 3 nitrogen and oxygen atoms in total. The third kappa shape index (κ3) is 5.85. The number of hydrogen-bond donors (Lipinski definition) is 0. The van der Waals surface area contributed by atoms with Gasteiger partial charge in [0.25, 0.3) is 5.91 Å². The summed E-state index contributed by atoms with van der Waals surface area (Å²) < 4.78 is 6.08. The van der Waals surface area contributed by atoms with E-state index in [2.05, 4.69) is 63.2 Å². The van der Waals surface area contributed by atoms with Gasteiger partial charge in [-0.25, -0.2) is 0 Å². The van der Waals surface area contributed by atoms with Crippen molar-refractivity contribution in [1.29, 1.82) is 0 Å². The van der Waals surface area contributed by atoms with Crippen molar-refractivity contribution in [2.45, 2.75) is 64.9 Å². The lowest BCUT2D eigenvalue weighted by Crippen LogP contribution is -2.45. The molecule has 2 aromatic rings. The monoisotopic (exact) mass is 393 g/mol. The molecule has 1 aliphatic rings. The summed E-state index contributed by atoms with van der Waals surface area (Å²) in [7, 11) is 0. The number of amides is 1. The largest absolute Gasteiger partial charge is 0.481 e. The molecule has 29 heavy (non-hydrogen) atoms. The highest BCUT2D eigenvalue weighted by atomic mass is 16.5. The number of benzene rings is 2. The van der Waals surface area contributed by atoms with Gasteiger partial charge in [-0.05, 0) is 60.3 Å². The predicted molar refractivity (Wildman–Crippen MR) is 119 cm³/mol. The van der Waals surface area contributed by atoms with Crippen LogP contribution in [0.2, 0.25) is 0 Å². The average Bonchev–Trinajstić information content (AvgIpc) is 2.72. The van der Waals surface area contributed by atoms with Crippen LogP contribution in [0.1, 0.15) is 58.1 Å². The Balaban J connectivity index is 1.53. The van der Waals surface area contributed by atoms with E-state index in [1.54, 1.807) is 0 Å². The van der Waals surface area contributed by atoms with E-state index in [1.807, 2.05) is 24.0 Å². The van der Waals surface area contributed by atoms with Gasteiger partial charge in [0.05, 0.1) is 0 Å². The summed E-state index contributed by atoms with van der Waals surface area (Å²) >= 11 is 0. The summed E-state index contributed by atoms with van der Waals surface area (Å²) in [4.78, 5) is 15.0. The van der Waals surface area contributed by atoms with E-state index in [0.717, 1.165) is 38.1 Å². The van der Waals surface area contributed by atoms with Crippen molar-refractivity contribution in [2.24, 2.45) is 5.92 Å². The summed E-state index contributed by atoms with van der Waals surface area (Å²) in [6.07, 6.45) is 3.52. The zero-order chi connectivity index (χ0) is 20.9. The highest BCUT2D eigenvalue weighted by molar-refractivity contribution is 5.81. The molecule has 1 atom stereocenters. The first kappa shape index (κ1) is 21.4. The second kappa shape index (κ2) is 9.47. The van der Waals surface area contributed by atoms with Crippen LogP contribution in [0.4, 0.5) is 0 Å². The fourth-order valence-electron chi connectivity index (χ4n) is 4.01. The van der Waals surface area contributed by atoms with Crippen LogP contribution in [0, 0.1) is 5.92 Å². The number of ether oxygens (including phenoxy) is 1. The van der Waals surface area contributed by atoms with E-state index in [4.69, 9.17) is 4.74 Å². The summed E-state index contributed by atoms with van der Waals surface area (Å²) in [5.41, 5.74) is 2.78. The normalized spacial score (nSPS) is 16.5. The number of hydrogen-bond acceptors (Lipinski definition) is 2. The molecule has 0 radical (unpaired) electrons. The minimum absolute atomic E-state index is 0.114. The highest BCUT2D eigenvalue weighted by Crippen LogP contribution is 2.26. The van der Waals surface area contributed by atoms with Crippen LogP contribution in [0.3, 0.4) is 0 Å².